The minimum atomic E-state index is -0.0194. The molecule has 1 aromatic heterocycles. The number of hydrogen-bond donors (Lipinski definition) is 0. The largest absolute Gasteiger partial charge is 0.311 e. The molecule has 10 rings (SSSR count). The molecule has 0 N–H and O–H groups in total. The normalized spacial score (nSPS) is 18.7. The van der Waals surface area contributed by atoms with E-state index in [0.29, 0.717) is 0 Å². The summed E-state index contributed by atoms with van der Waals surface area (Å²) < 4.78 is 1.50. The lowest BCUT2D eigenvalue weighted by Gasteiger charge is -2.46. The average molecular weight is 905 g/mol. The average Bonchev–Trinajstić information content (AvgIpc) is 3.66. The van der Waals surface area contributed by atoms with Gasteiger partial charge in [-0.1, -0.05) is 166 Å². The zero-order valence-electron chi connectivity index (χ0n) is 44.4. The minimum Gasteiger partial charge on any atom is -0.311 e. The molecule has 67 heavy (non-hydrogen) atoms. The van der Waals surface area contributed by atoms with Crippen LogP contribution in [0.4, 0.5) is 34.1 Å². The van der Waals surface area contributed by atoms with Gasteiger partial charge in [-0.2, -0.15) is 11.3 Å². The van der Waals surface area contributed by atoms with Crippen molar-refractivity contribution in [3.63, 3.8) is 0 Å². The smallest absolute Gasteiger partial charge is 0.264 e. The molecule has 2 aliphatic heterocycles. The summed E-state index contributed by atoms with van der Waals surface area (Å²) in [6.45, 7) is 43.6. The van der Waals surface area contributed by atoms with Crippen LogP contribution >= 0.6 is 11.3 Å². The highest BCUT2D eigenvalue weighted by Crippen LogP contribution is 2.58. The second kappa shape index (κ2) is 14.7. The molecular formula is C63H77BN2S. The Morgan fingerprint density at radius 3 is 1.63 bits per heavy atom. The predicted octanol–water partition coefficient (Wildman–Crippen LogP) is 16.4. The van der Waals surface area contributed by atoms with E-state index in [2.05, 4.69) is 237 Å². The molecule has 3 heterocycles. The standard InChI is InChI=1S/C63H77BN2S/c1-38-33-50-53-51(34-38)66(48-27-22-41(58(5,6)7)36-44(48)39-19-26-45-46(35-39)61(13,14)30-29-60(45,11)12)54-52-55(63(17,18)32-31-62(52,15)16)67-56(54)64(53)47-37-42(59(8,9)10)23-28-49(47)65(50)43-24-20-40(21-25-43)57(2,3)4/h19-28,33-37H,29-32H2,1-18H3. The highest BCUT2D eigenvalue weighted by Gasteiger charge is 2.51. The van der Waals surface area contributed by atoms with Gasteiger partial charge < -0.3 is 9.80 Å². The van der Waals surface area contributed by atoms with Crippen molar-refractivity contribution in [3.8, 4) is 11.1 Å². The van der Waals surface area contributed by atoms with Gasteiger partial charge in [0.2, 0.25) is 0 Å². The van der Waals surface area contributed by atoms with E-state index in [0.717, 1.165) is 6.42 Å². The Morgan fingerprint density at radius 2 is 1.01 bits per heavy atom. The van der Waals surface area contributed by atoms with Gasteiger partial charge in [0, 0.05) is 38.0 Å². The van der Waals surface area contributed by atoms with Crippen molar-refractivity contribution >= 4 is 67.9 Å². The second-order valence-corrected chi connectivity index (χ2v) is 28.0. The maximum absolute atomic E-state index is 2.80. The molecule has 0 atom stereocenters. The quantitative estimate of drug-likeness (QED) is 0.163. The molecule has 0 spiro atoms. The molecule has 6 aromatic rings. The number of nitrogens with zero attached hydrogens (tertiary/aromatic N) is 2. The summed E-state index contributed by atoms with van der Waals surface area (Å²) in [5.74, 6) is 0. The van der Waals surface area contributed by atoms with Crippen molar-refractivity contribution in [3.05, 3.63) is 135 Å². The van der Waals surface area contributed by atoms with Gasteiger partial charge in [0.05, 0.1) is 11.4 Å². The molecule has 2 nitrogen and oxygen atoms in total. The fourth-order valence-corrected chi connectivity index (χ4v) is 13.9. The van der Waals surface area contributed by atoms with E-state index in [-0.39, 0.29) is 44.6 Å². The summed E-state index contributed by atoms with van der Waals surface area (Å²) in [6.07, 6.45) is 4.75. The molecule has 5 aromatic carbocycles. The Kier molecular flexibility index (Phi) is 10.2. The SMILES string of the molecule is Cc1cc2c3c(c1)N(c1ccc(C(C)(C)C)cc1-c1ccc4c(c1)C(C)(C)CCC4(C)C)c1c(sc4c1C(C)(C)CCC4(C)C)B3c1cc(C(C)(C)C)ccc1N2c1ccc(C(C)(C)C)cc1. The van der Waals surface area contributed by atoms with Crippen LogP contribution in [0.25, 0.3) is 11.1 Å². The Balaban J connectivity index is 1.34. The molecule has 2 aliphatic carbocycles. The number of thiophene rings is 1. The Bertz CT molecular complexity index is 2990. The van der Waals surface area contributed by atoms with Gasteiger partial charge in [0.1, 0.15) is 0 Å². The summed E-state index contributed by atoms with van der Waals surface area (Å²) in [4.78, 5) is 6.98. The first-order valence-electron chi connectivity index (χ1n) is 25.5. The zero-order valence-corrected chi connectivity index (χ0v) is 45.2. The van der Waals surface area contributed by atoms with Crippen LogP contribution < -0.4 is 25.5 Å². The lowest BCUT2D eigenvalue weighted by Crippen LogP contribution is -2.61. The first kappa shape index (κ1) is 46.2. The van der Waals surface area contributed by atoms with Crippen molar-refractivity contribution in [2.45, 2.75) is 188 Å². The molecule has 0 radical (unpaired) electrons. The number of rotatable bonds is 3. The molecule has 4 aliphatic rings. The summed E-state index contributed by atoms with van der Waals surface area (Å²) >= 11 is 2.13. The van der Waals surface area contributed by atoms with E-state index >= 15 is 0 Å². The first-order valence-corrected chi connectivity index (χ1v) is 26.3. The first-order chi connectivity index (χ1) is 31.0. The van der Waals surface area contributed by atoms with Crippen LogP contribution in [0.15, 0.2) is 91.0 Å². The number of fused-ring (bicyclic) bond motifs is 7. The van der Waals surface area contributed by atoms with Gasteiger partial charge >= 0.3 is 0 Å². The monoisotopic (exact) mass is 905 g/mol. The van der Waals surface area contributed by atoms with E-state index in [1.54, 1.807) is 10.4 Å². The van der Waals surface area contributed by atoms with Gasteiger partial charge in [-0.05, 0) is 168 Å². The lowest BCUT2D eigenvalue weighted by molar-refractivity contribution is 0.332. The van der Waals surface area contributed by atoms with Gasteiger partial charge in [0.15, 0.2) is 0 Å². The maximum atomic E-state index is 2.80. The van der Waals surface area contributed by atoms with E-state index in [1.165, 1.54) is 114 Å². The van der Waals surface area contributed by atoms with E-state index < -0.39 is 0 Å². The van der Waals surface area contributed by atoms with Crippen molar-refractivity contribution in [1.82, 2.24) is 0 Å². The molecule has 0 bridgehead atoms. The molecule has 0 unspecified atom stereocenters. The number of benzene rings is 5. The van der Waals surface area contributed by atoms with Gasteiger partial charge in [-0.25, -0.2) is 0 Å². The number of anilines is 6. The van der Waals surface area contributed by atoms with E-state index in [1.807, 2.05) is 0 Å². The van der Waals surface area contributed by atoms with Gasteiger partial charge in [0.25, 0.3) is 6.71 Å². The Labute approximate surface area is 409 Å². The Morgan fingerprint density at radius 1 is 0.493 bits per heavy atom. The van der Waals surface area contributed by atoms with Crippen LogP contribution in [-0.2, 0) is 37.9 Å². The molecular weight excluding hydrogens is 828 g/mol. The molecule has 0 saturated carbocycles. The molecule has 0 saturated heterocycles. The highest BCUT2D eigenvalue weighted by molar-refractivity contribution is 7.29. The molecule has 348 valence electrons. The van der Waals surface area contributed by atoms with Crippen LogP contribution in [-0.4, -0.2) is 6.71 Å². The van der Waals surface area contributed by atoms with Crippen molar-refractivity contribution in [2.24, 2.45) is 0 Å². The van der Waals surface area contributed by atoms with Crippen LogP contribution in [0.5, 0.6) is 0 Å². The van der Waals surface area contributed by atoms with Crippen molar-refractivity contribution in [1.29, 1.82) is 0 Å². The Hall–Kier alpha value is -4.54. The summed E-state index contributed by atoms with van der Waals surface area (Å²) in [5.41, 5.74) is 23.6. The third kappa shape index (κ3) is 7.31. The minimum absolute atomic E-state index is 0.00409. The van der Waals surface area contributed by atoms with Gasteiger partial charge in [-0.3, -0.25) is 0 Å². The maximum Gasteiger partial charge on any atom is 0.264 e. The van der Waals surface area contributed by atoms with Crippen molar-refractivity contribution < 1.29 is 0 Å². The van der Waals surface area contributed by atoms with Crippen LogP contribution in [0.2, 0.25) is 0 Å². The van der Waals surface area contributed by atoms with Crippen LogP contribution in [0.1, 0.15) is 187 Å². The molecule has 4 heteroatoms. The fraction of sp³-hybridized carbons (Fsp3) is 0.460. The summed E-state index contributed by atoms with van der Waals surface area (Å²) in [7, 11) is 0. The number of aryl methyl sites for hydroxylation is 1. The lowest BCUT2D eigenvalue weighted by atomic mass is 9.35. The van der Waals surface area contributed by atoms with Crippen LogP contribution in [0, 0.1) is 6.92 Å². The van der Waals surface area contributed by atoms with Crippen LogP contribution in [0.3, 0.4) is 0 Å². The van der Waals surface area contributed by atoms with Crippen molar-refractivity contribution in [2.75, 3.05) is 9.80 Å². The third-order valence-corrected chi connectivity index (χ3v) is 18.4. The summed E-state index contributed by atoms with van der Waals surface area (Å²) in [6, 6.07) is 37.0. The fourth-order valence-electron chi connectivity index (χ4n) is 12.2. The topological polar surface area (TPSA) is 6.48 Å². The molecule has 0 fully saturated rings. The van der Waals surface area contributed by atoms with E-state index in [9.17, 15) is 0 Å². The zero-order chi connectivity index (χ0) is 48.3. The third-order valence-electron chi connectivity index (χ3n) is 16.8. The van der Waals surface area contributed by atoms with Gasteiger partial charge in [-0.15, -0.1) is 0 Å². The van der Waals surface area contributed by atoms with E-state index in [4.69, 9.17) is 0 Å². The molecule has 0 amide bonds. The highest BCUT2D eigenvalue weighted by atomic mass is 32.1. The summed E-state index contributed by atoms with van der Waals surface area (Å²) in [5, 5.41) is 0. The number of hydrogen-bond acceptors (Lipinski definition) is 3. The predicted molar refractivity (Wildman–Crippen MR) is 295 cm³/mol. The second-order valence-electron chi connectivity index (χ2n) is 26.9.